The highest BCUT2D eigenvalue weighted by Crippen LogP contribution is 2.41. The van der Waals surface area contributed by atoms with E-state index in [1.807, 2.05) is 121 Å². The molecule has 0 heterocycles. The van der Waals surface area contributed by atoms with Gasteiger partial charge in [0.05, 0.1) is 26.4 Å². The van der Waals surface area contributed by atoms with Crippen LogP contribution in [0.25, 0.3) is 0 Å². The van der Waals surface area contributed by atoms with Crippen molar-refractivity contribution >= 4 is 0 Å². The van der Waals surface area contributed by atoms with Crippen LogP contribution in [0.3, 0.4) is 0 Å². The summed E-state index contributed by atoms with van der Waals surface area (Å²) in [6, 6.07) is 58.3. The van der Waals surface area contributed by atoms with Crippen LogP contribution in [-0.2, 0) is 25.7 Å². The summed E-state index contributed by atoms with van der Waals surface area (Å²) in [6.07, 6.45) is 5.35. The molecular weight excluding hydrogens is 929 g/mol. The van der Waals surface area contributed by atoms with E-state index in [-0.39, 0.29) is 0 Å². The van der Waals surface area contributed by atoms with Gasteiger partial charge in [-0.2, -0.15) is 0 Å². The summed E-state index contributed by atoms with van der Waals surface area (Å²) < 4.78 is 27.9. The fourth-order valence-corrected chi connectivity index (χ4v) is 9.40. The van der Waals surface area contributed by atoms with E-state index in [1.165, 1.54) is 0 Å². The van der Waals surface area contributed by atoms with Crippen LogP contribution in [0.5, 0.6) is 23.0 Å². The summed E-state index contributed by atoms with van der Waals surface area (Å²) in [7, 11) is 0. The van der Waals surface area contributed by atoms with Crippen molar-refractivity contribution in [1.82, 2.24) is 0 Å². The van der Waals surface area contributed by atoms with Gasteiger partial charge in [-0.25, -0.2) is 0 Å². The summed E-state index contributed by atoms with van der Waals surface area (Å²) in [4.78, 5) is 0. The van der Waals surface area contributed by atoms with Crippen LogP contribution in [0.4, 0.5) is 0 Å². The predicted molar refractivity (Wildman–Crippen MR) is 310 cm³/mol. The smallest absolute Gasteiger partial charge is 0.126 e. The Morgan fingerprint density at radius 2 is 0.421 bits per heavy atom. The fourth-order valence-electron chi connectivity index (χ4n) is 9.40. The van der Waals surface area contributed by atoms with Gasteiger partial charge in [-0.15, -0.1) is 0 Å². The molecule has 0 saturated heterocycles. The molecule has 8 aromatic rings. The van der Waals surface area contributed by atoms with Crippen LogP contribution in [0.2, 0.25) is 0 Å². The number of ether oxygens (including phenoxy) is 4. The van der Waals surface area contributed by atoms with Crippen molar-refractivity contribution in [3.8, 4) is 70.4 Å². The molecule has 0 fully saturated rings. The van der Waals surface area contributed by atoms with Crippen LogP contribution < -0.4 is 18.9 Å². The van der Waals surface area contributed by atoms with Gasteiger partial charge in [-0.1, -0.05) is 148 Å². The number of hydrogen-bond donors (Lipinski definition) is 0. The number of fused-ring (bicyclic) bond motifs is 8. The average molecular weight is 993 g/mol. The van der Waals surface area contributed by atoms with Gasteiger partial charge < -0.3 is 18.9 Å². The highest BCUT2D eigenvalue weighted by Gasteiger charge is 2.24. The standard InChI is InChI=1S/C72H64O4/c1-5-37-73-69-61-41-57(33-29-53-21-13-9-14-22-53)42-62(69)50-64-44-59(35-31-55-25-17-11-18-26-55)46-66(71(64)75-39-7-3)52-68-48-60(36-32-56-27-19-12-20-28-56)47-67(72(68)76-40-8-4)51-65-45-58(34-30-54-23-15-10-16-24-54)43-63(49-61)70(65)74-38-6-2/h9-28,41-48H,5-8,37-40,49-52H2,1-4H3. The largest absolute Gasteiger partial charge is 0.493 e. The second-order valence-corrected chi connectivity index (χ2v) is 19.1. The van der Waals surface area contributed by atoms with Gasteiger partial charge in [0.2, 0.25) is 0 Å². The van der Waals surface area contributed by atoms with E-state index in [1.54, 1.807) is 0 Å². The summed E-state index contributed by atoms with van der Waals surface area (Å²) in [6.45, 7) is 10.8. The summed E-state index contributed by atoms with van der Waals surface area (Å²) >= 11 is 0. The molecule has 9 rings (SSSR count). The Balaban J connectivity index is 1.37. The zero-order valence-electron chi connectivity index (χ0n) is 44.3. The molecule has 0 N–H and O–H groups in total. The van der Waals surface area contributed by atoms with Gasteiger partial charge in [0.1, 0.15) is 23.0 Å². The SMILES string of the molecule is CCCOc1c2cc(C#Cc3ccccc3)cc1Cc1cc(C#Cc3ccccc3)cc(c1OCCC)Cc1cc(C#Cc3ccccc3)cc(c1OCCC)Cc1cc(C#Cc3ccccc3)cc(c1OCCC)C2. The van der Waals surface area contributed by atoms with Crippen molar-refractivity contribution < 1.29 is 18.9 Å². The van der Waals surface area contributed by atoms with E-state index in [0.717, 1.165) is 138 Å². The van der Waals surface area contributed by atoms with Gasteiger partial charge in [-0.05, 0) is 123 Å². The number of benzene rings is 8. The topological polar surface area (TPSA) is 36.9 Å². The van der Waals surface area contributed by atoms with Crippen molar-refractivity contribution in [3.05, 3.63) is 259 Å². The second kappa shape index (κ2) is 26.4. The third-order valence-electron chi connectivity index (χ3n) is 12.8. The minimum absolute atomic E-state index is 0.500. The van der Waals surface area contributed by atoms with Gasteiger partial charge >= 0.3 is 0 Å². The third kappa shape index (κ3) is 13.9. The molecule has 8 bridgehead atoms. The van der Waals surface area contributed by atoms with Crippen molar-refractivity contribution in [3.63, 3.8) is 0 Å². The molecule has 0 aliphatic heterocycles. The Morgan fingerprint density at radius 1 is 0.250 bits per heavy atom. The minimum atomic E-state index is 0.500. The first-order valence-electron chi connectivity index (χ1n) is 26.9. The number of rotatable bonds is 12. The monoisotopic (exact) mass is 992 g/mol. The Hall–Kier alpha value is -8.80. The zero-order valence-corrected chi connectivity index (χ0v) is 44.3. The lowest BCUT2D eigenvalue weighted by Gasteiger charge is -2.24. The molecule has 76 heavy (non-hydrogen) atoms. The van der Waals surface area contributed by atoms with Crippen molar-refractivity contribution in [1.29, 1.82) is 0 Å². The van der Waals surface area contributed by atoms with Crippen LogP contribution in [0.15, 0.2) is 170 Å². The van der Waals surface area contributed by atoms with E-state index in [9.17, 15) is 0 Å². The first-order valence-corrected chi connectivity index (χ1v) is 26.9. The van der Waals surface area contributed by atoms with Gasteiger partial charge in [-0.3, -0.25) is 0 Å². The van der Waals surface area contributed by atoms with Crippen LogP contribution in [0, 0.1) is 47.4 Å². The lowest BCUT2D eigenvalue weighted by atomic mass is 9.88. The van der Waals surface area contributed by atoms with Crippen LogP contribution in [0.1, 0.15) is 142 Å². The maximum Gasteiger partial charge on any atom is 0.126 e. The normalized spacial score (nSPS) is 11.2. The molecule has 0 aromatic heterocycles. The highest BCUT2D eigenvalue weighted by molar-refractivity contribution is 5.63. The molecule has 0 atom stereocenters. The first kappa shape index (κ1) is 52.1. The van der Waals surface area contributed by atoms with Crippen molar-refractivity contribution in [2.75, 3.05) is 26.4 Å². The molecule has 4 heteroatoms. The molecule has 4 nitrogen and oxygen atoms in total. The molecule has 1 aliphatic rings. The maximum atomic E-state index is 6.98. The van der Waals surface area contributed by atoms with Crippen molar-refractivity contribution in [2.24, 2.45) is 0 Å². The maximum absolute atomic E-state index is 6.98. The molecule has 376 valence electrons. The van der Waals surface area contributed by atoms with Crippen LogP contribution in [-0.4, -0.2) is 26.4 Å². The van der Waals surface area contributed by atoms with E-state index >= 15 is 0 Å². The predicted octanol–water partition coefficient (Wildman–Crippen LogP) is 15.1. The molecule has 0 saturated carbocycles. The molecule has 0 amide bonds. The van der Waals surface area contributed by atoms with Crippen molar-refractivity contribution in [2.45, 2.75) is 79.1 Å². The minimum Gasteiger partial charge on any atom is -0.493 e. The second-order valence-electron chi connectivity index (χ2n) is 19.1. The molecule has 0 radical (unpaired) electrons. The number of hydrogen-bond acceptors (Lipinski definition) is 4. The van der Waals surface area contributed by atoms with E-state index in [0.29, 0.717) is 52.1 Å². The average Bonchev–Trinajstić information content (AvgIpc) is 3.46. The third-order valence-corrected chi connectivity index (χ3v) is 12.8. The zero-order chi connectivity index (χ0) is 52.3. The molecule has 8 aromatic carbocycles. The van der Waals surface area contributed by atoms with E-state index in [2.05, 4.69) is 124 Å². The summed E-state index contributed by atoms with van der Waals surface area (Å²) in [5.41, 5.74) is 15.5. The highest BCUT2D eigenvalue weighted by atomic mass is 16.5. The van der Waals surface area contributed by atoms with Gasteiger partial charge in [0.15, 0.2) is 0 Å². The van der Waals surface area contributed by atoms with Gasteiger partial charge in [0.25, 0.3) is 0 Å². The molecule has 1 aliphatic carbocycles. The van der Waals surface area contributed by atoms with E-state index in [4.69, 9.17) is 18.9 Å². The summed E-state index contributed by atoms with van der Waals surface area (Å²) in [5, 5.41) is 0. The first-order chi connectivity index (χ1) is 37.5. The van der Waals surface area contributed by atoms with E-state index < -0.39 is 0 Å². The Labute approximate surface area is 451 Å². The van der Waals surface area contributed by atoms with Crippen LogP contribution >= 0.6 is 0 Å². The molecule has 0 unspecified atom stereocenters. The Bertz CT molecular complexity index is 2960. The lowest BCUT2D eigenvalue weighted by Crippen LogP contribution is -2.11. The lowest BCUT2D eigenvalue weighted by molar-refractivity contribution is 0.304. The molecular formula is C72H64O4. The fraction of sp³-hybridized carbons (Fsp3) is 0.222. The Morgan fingerprint density at radius 3 is 0.592 bits per heavy atom. The van der Waals surface area contributed by atoms with Gasteiger partial charge in [0, 0.05) is 115 Å². The quantitative estimate of drug-likeness (QED) is 0.114. The Kier molecular flexibility index (Phi) is 18.1. The summed E-state index contributed by atoms with van der Waals surface area (Å²) in [5.74, 6) is 31.5. The molecule has 0 spiro atoms.